The molecule has 1 aromatic heterocycles. The van der Waals surface area contributed by atoms with Gasteiger partial charge in [-0.3, -0.25) is 4.79 Å². The number of aryl methyl sites for hydroxylation is 1. The van der Waals surface area contributed by atoms with Crippen LogP contribution in [0.15, 0.2) is 30.9 Å². The van der Waals surface area contributed by atoms with Gasteiger partial charge in [0, 0.05) is 17.6 Å². The molecule has 0 saturated carbocycles. The number of amides is 1. The SMILES string of the molecule is Cc1cc(-n2cncn2)ccc1C(=O)NC1CCNC(C)C1.Cl. The number of nitrogens with zero attached hydrogens (tertiary/aromatic N) is 3. The second-order valence-corrected chi connectivity index (χ2v) is 5.89. The maximum atomic E-state index is 12.5. The summed E-state index contributed by atoms with van der Waals surface area (Å²) in [4.78, 5) is 16.4. The number of halogens is 1. The van der Waals surface area contributed by atoms with Crippen LogP contribution in [-0.4, -0.2) is 39.3 Å². The minimum absolute atomic E-state index is 0. The highest BCUT2D eigenvalue weighted by molar-refractivity contribution is 5.96. The van der Waals surface area contributed by atoms with E-state index >= 15 is 0 Å². The summed E-state index contributed by atoms with van der Waals surface area (Å²) in [5.41, 5.74) is 2.56. The largest absolute Gasteiger partial charge is 0.349 e. The molecule has 2 N–H and O–H groups in total. The molecule has 3 rings (SSSR count). The van der Waals surface area contributed by atoms with Gasteiger partial charge in [0.2, 0.25) is 0 Å². The summed E-state index contributed by atoms with van der Waals surface area (Å²) in [6.07, 6.45) is 5.09. The number of benzene rings is 1. The lowest BCUT2D eigenvalue weighted by Gasteiger charge is -2.28. The molecule has 23 heavy (non-hydrogen) atoms. The van der Waals surface area contributed by atoms with Crippen molar-refractivity contribution in [2.45, 2.75) is 38.8 Å². The highest BCUT2D eigenvalue weighted by atomic mass is 35.5. The van der Waals surface area contributed by atoms with Crippen molar-refractivity contribution in [1.29, 1.82) is 0 Å². The third kappa shape index (κ3) is 4.09. The second kappa shape index (κ2) is 7.57. The predicted octanol–water partition coefficient (Wildman–Crippen LogP) is 1.87. The number of hydrogen-bond donors (Lipinski definition) is 2. The molecule has 2 atom stereocenters. The Labute approximate surface area is 142 Å². The van der Waals surface area contributed by atoms with Crippen LogP contribution in [0.3, 0.4) is 0 Å². The van der Waals surface area contributed by atoms with Crippen molar-refractivity contribution in [3.63, 3.8) is 0 Å². The van der Waals surface area contributed by atoms with Crippen LogP contribution in [0, 0.1) is 6.92 Å². The van der Waals surface area contributed by atoms with Crippen molar-refractivity contribution in [3.05, 3.63) is 42.0 Å². The van der Waals surface area contributed by atoms with Crippen molar-refractivity contribution in [2.24, 2.45) is 0 Å². The first-order chi connectivity index (χ1) is 10.6. The molecule has 1 aromatic carbocycles. The maximum absolute atomic E-state index is 12.5. The summed E-state index contributed by atoms with van der Waals surface area (Å²) in [7, 11) is 0. The first-order valence-electron chi connectivity index (χ1n) is 7.63. The van der Waals surface area contributed by atoms with E-state index < -0.39 is 0 Å². The molecule has 2 unspecified atom stereocenters. The highest BCUT2D eigenvalue weighted by Crippen LogP contribution is 2.15. The monoisotopic (exact) mass is 335 g/mol. The van der Waals surface area contributed by atoms with E-state index in [-0.39, 0.29) is 24.4 Å². The van der Waals surface area contributed by atoms with Gasteiger partial charge in [0.05, 0.1) is 5.69 Å². The van der Waals surface area contributed by atoms with Gasteiger partial charge in [-0.2, -0.15) is 5.10 Å². The van der Waals surface area contributed by atoms with Crippen molar-refractivity contribution >= 4 is 18.3 Å². The minimum atomic E-state index is 0. The van der Waals surface area contributed by atoms with Gasteiger partial charge in [0.25, 0.3) is 5.91 Å². The third-order valence-corrected chi connectivity index (χ3v) is 4.10. The topological polar surface area (TPSA) is 71.8 Å². The number of carbonyl (C=O) groups is 1. The van der Waals surface area contributed by atoms with Gasteiger partial charge < -0.3 is 10.6 Å². The maximum Gasteiger partial charge on any atom is 0.251 e. The van der Waals surface area contributed by atoms with Gasteiger partial charge in [-0.1, -0.05) is 0 Å². The Balaban J connectivity index is 0.00000192. The fraction of sp³-hybridized carbons (Fsp3) is 0.438. The molecule has 7 heteroatoms. The Morgan fingerprint density at radius 2 is 2.26 bits per heavy atom. The highest BCUT2D eigenvalue weighted by Gasteiger charge is 2.21. The Hall–Kier alpha value is -1.92. The van der Waals surface area contributed by atoms with E-state index in [1.165, 1.54) is 6.33 Å². The Morgan fingerprint density at radius 3 is 2.91 bits per heavy atom. The summed E-state index contributed by atoms with van der Waals surface area (Å²) in [6.45, 7) is 5.05. The van der Waals surface area contributed by atoms with Gasteiger partial charge in [-0.25, -0.2) is 9.67 Å². The smallest absolute Gasteiger partial charge is 0.251 e. The number of piperidine rings is 1. The van der Waals surface area contributed by atoms with Crippen molar-refractivity contribution < 1.29 is 4.79 Å². The quantitative estimate of drug-likeness (QED) is 0.898. The van der Waals surface area contributed by atoms with Crippen molar-refractivity contribution in [1.82, 2.24) is 25.4 Å². The molecule has 2 aromatic rings. The molecule has 0 bridgehead atoms. The number of nitrogens with one attached hydrogen (secondary N) is 2. The summed E-state index contributed by atoms with van der Waals surface area (Å²) >= 11 is 0. The zero-order chi connectivity index (χ0) is 15.5. The first-order valence-corrected chi connectivity index (χ1v) is 7.63. The van der Waals surface area contributed by atoms with Gasteiger partial charge in [0.15, 0.2) is 0 Å². The summed E-state index contributed by atoms with van der Waals surface area (Å²) in [5, 5.41) is 10.6. The van der Waals surface area contributed by atoms with E-state index in [2.05, 4.69) is 27.6 Å². The second-order valence-electron chi connectivity index (χ2n) is 5.89. The Morgan fingerprint density at radius 1 is 1.43 bits per heavy atom. The van der Waals surface area contributed by atoms with E-state index in [1.54, 1.807) is 11.0 Å². The summed E-state index contributed by atoms with van der Waals surface area (Å²) in [5.74, 6) is 0.00161. The van der Waals surface area contributed by atoms with E-state index in [1.807, 2.05) is 25.1 Å². The molecule has 0 radical (unpaired) electrons. The zero-order valence-corrected chi connectivity index (χ0v) is 14.1. The van der Waals surface area contributed by atoms with Gasteiger partial charge in [0.1, 0.15) is 12.7 Å². The zero-order valence-electron chi connectivity index (χ0n) is 13.3. The Bertz CT molecular complexity index is 658. The van der Waals surface area contributed by atoms with Crippen LogP contribution in [0.25, 0.3) is 5.69 Å². The van der Waals surface area contributed by atoms with E-state index in [0.717, 1.165) is 36.2 Å². The van der Waals surface area contributed by atoms with E-state index in [0.29, 0.717) is 6.04 Å². The lowest BCUT2D eigenvalue weighted by Crippen LogP contribution is -2.46. The van der Waals surface area contributed by atoms with Crippen molar-refractivity contribution in [2.75, 3.05) is 6.54 Å². The number of aromatic nitrogens is 3. The molecule has 0 spiro atoms. The van der Waals surface area contributed by atoms with Crippen LogP contribution in [0.2, 0.25) is 0 Å². The van der Waals surface area contributed by atoms with Gasteiger partial charge in [-0.05, 0) is 57.0 Å². The molecule has 1 saturated heterocycles. The molecule has 124 valence electrons. The molecule has 6 nitrogen and oxygen atoms in total. The molecule has 1 aliphatic rings. The van der Waals surface area contributed by atoms with Crippen LogP contribution >= 0.6 is 12.4 Å². The van der Waals surface area contributed by atoms with Crippen molar-refractivity contribution in [3.8, 4) is 5.69 Å². The normalized spacial score (nSPS) is 20.6. The average Bonchev–Trinajstić information content (AvgIpc) is 3.01. The van der Waals surface area contributed by atoms with Crippen LogP contribution in [-0.2, 0) is 0 Å². The fourth-order valence-electron chi connectivity index (χ4n) is 2.91. The van der Waals surface area contributed by atoms with Crippen LogP contribution in [0.4, 0.5) is 0 Å². The standard InChI is InChI=1S/C16H21N5O.ClH/c1-11-7-14(21-10-17-9-19-21)3-4-15(11)16(22)20-13-5-6-18-12(2)8-13;/h3-4,7,9-10,12-13,18H,5-6,8H2,1-2H3,(H,20,22);1H. The Kier molecular flexibility index (Phi) is 5.74. The molecule has 1 amide bonds. The lowest BCUT2D eigenvalue weighted by atomic mass is 9.99. The molecular weight excluding hydrogens is 314 g/mol. The molecule has 2 heterocycles. The van der Waals surface area contributed by atoms with E-state index in [4.69, 9.17) is 0 Å². The number of carbonyl (C=O) groups excluding carboxylic acids is 1. The number of hydrogen-bond acceptors (Lipinski definition) is 4. The molecule has 1 fully saturated rings. The molecule has 0 aliphatic carbocycles. The van der Waals surface area contributed by atoms with E-state index in [9.17, 15) is 4.79 Å². The lowest BCUT2D eigenvalue weighted by molar-refractivity contribution is 0.0925. The van der Waals surface area contributed by atoms with Gasteiger partial charge in [-0.15, -0.1) is 12.4 Å². The average molecular weight is 336 g/mol. The third-order valence-electron chi connectivity index (χ3n) is 4.10. The van der Waals surface area contributed by atoms with Crippen LogP contribution in [0.1, 0.15) is 35.7 Å². The molecule has 1 aliphatic heterocycles. The number of rotatable bonds is 3. The van der Waals surface area contributed by atoms with Gasteiger partial charge >= 0.3 is 0 Å². The van der Waals surface area contributed by atoms with Crippen LogP contribution < -0.4 is 10.6 Å². The summed E-state index contributed by atoms with van der Waals surface area (Å²) in [6, 6.07) is 6.40. The minimum Gasteiger partial charge on any atom is -0.349 e. The predicted molar refractivity (Wildman–Crippen MR) is 91.3 cm³/mol. The molecular formula is C16H22ClN5O. The van der Waals surface area contributed by atoms with Crippen LogP contribution in [0.5, 0.6) is 0 Å². The summed E-state index contributed by atoms with van der Waals surface area (Å²) < 4.78 is 1.68. The first kappa shape index (κ1) is 17.4. The fourth-order valence-corrected chi connectivity index (χ4v) is 2.91.